The van der Waals surface area contributed by atoms with Crippen molar-refractivity contribution in [2.24, 2.45) is 0 Å². The van der Waals surface area contributed by atoms with Crippen LogP contribution in [0.25, 0.3) is 0 Å². The molecule has 0 aromatic carbocycles. The van der Waals surface area contributed by atoms with Gasteiger partial charge in [-0.3, -0.25) is 0 Å². The quantitative estimate of drug-likeness (QED) is 0.412. The Morgan fingerprint density at radius 1 is 1.47 bits per heavy atom. The minimum atomic E-state index is -0.384. The predicted octanol–water partition coefficient (Wildman–Crippen LogP) is 1.24. The molecule has 0 spiro atoms. The van der Waals surface area contributed by atoms with Gasteiger partial charge in [0.15, 0.2) is 0 Å². The maximum absolute atomic E-state index is 10.4. The molecule has 0 aromatic heterocycles. The van der Waals surface area contributed by atoms with Gasteiger partial charge in [0.2, 0.25) is 0 Å². The molecule has 5 heteroatoms. The van der Waals surface area contributed by atoms with E-state index in [0.717, 1.165) is 6.08 Å². The summed E-state index contributed by atoms with van der Waals surface area (Å²) in [5.41, 5.74) is 0.451. The number of rotatable bonds is 5. The summed E-state index contributed by atoms with van der Waals surface area (Å²) < 4.78 is 14.0. The van der Waals surface area contributed by atoms with E-state index in [1.165, 1.54) is 0 Å². The van der Waals surface area contributed by atoms with Crippen LogP contribution in [0, 0.1) is 0 Å². The SMILES string of the molecule is C=C(C)C(=O)OCC.C=CC(=O)OCC1CO1. The average Bonchev–Trinajstić information content (AvgIpc) is 3.10. The minimum Gasteiger partial charge on any atom is -0.463 e. The van der Waals surface area contributed by atoms with Crippen molar-refractivity contribution >= 4 is 11.9 Å². The summed E-state index contributed by atoms with van der Waals surface area (Å²) in [6, 6.07) is 0. The van der Waals surface area contributed by atoms with Gasteiger partial charge in [-0.25, -0.2) is 9.59 Å². The van der Waals surface area contributed by atoms with Crippen LogP contribution in [0.1, 0.15) is 13.8 Å². The molecule has 0 N–H and O–H groups in total. The van der Waals surface area contributed by atoms with Gasteiger partial charge in [0.05, 0.1) is 13.2 Å². The lowest BCUT2D eigenvalue weighted by atomic mass is 10.4. The van der Waals surface area contributed by atoms with Crippen molar-refractivity contribution in [3.63, 3.8) is 0 Å². The molecule has 1 fully saturated rings. The van der Waals surface area contributed by atoms with Crippen LogP contribution >= 0.6 is 0 Å². The van der Waals surface area contributed by atoms with E-state index < -0.39 is 0 Å². The van der Waals surface area contributed by atoms with Crippen LogP contribution in [-0.4, -0.2) is 37.9 Å². The molecule has 0 radical (unpaired) electrons. The first-order chi connectivity index (χ1) is 8.01. The summed E-state index contributed by atoms with van der Waals surface area (Å²) in [5, 5.41) is 0. The van der Waals surface area contributed by atoms with Crippen molar-refractivity contribution in [1.82, 2.24) is 0 Å². The summed E-state index contributed by atoms with van der Waals surface area (Å²) in [5.74, 6) is -0.696. The zero-order valence-electron chi connectivity index (χ0n) is 10.2. The number of carbonyl (C=O) groups excluding carboxylic acids is 2. The summed E-state index contributed by atoms with van der Waals surface area (Å²) in [6.07, 6.45) is 1.29. The number of ether oxygens (including phenoxy) is 3. The molecule has 1 aliphatic rings. The van der Waals surface area contributed by atoms with Gasteiger partial charge in [-0.2, -0.15) is 0 Å². The first kappa shape index (κ1) is 15.4. The Labute approximate surface area is 101 Å². The second-order valence-corrected chi connectivity index (χ2v) is 3.29. The van der Waals surface area contributed by atoms with E-state index in [9.17, 15) is 9.59 Å². The van der Waals surface area contributed by atoms with Gasteiger partial charge in [0.1, 0.15) is 12.7 Å². The van der Waals surface area contributed by atoms with E-state index in [0.29, 0.717) is 25.4 Å². The Bertz CT molecular complexity index is 291. The lowest BCUT2D eigenvalue weighted by molar-refractivity contribution is -0.139. The standard InChI is InChI=1S/C6H8O3.C6H10O2/c1-2-6(7)9-4-5-3-8-5;1-4-8-6(7)5(2)3/h2,5H,1,3-4H2;2,4H2,1,3H3. The van der Waals surface area contributed by atoms with Crippen molar-refractivity contribution < 1.29 is 23.8 Å². The summed E-state index contributed by atoms with van der Waals surface area (Å²) in [7, 11) is 0. The monoisotopic (exact) mass is 242 g/mol. The van der Waals surface area contributed by atoms with Crippen molar-refractivity contribution in [3.05, 3.63) is 24.8 Å². The van der Waals surface area contributed by atoms with E-state index in [1.807, 2.05) is 0 Å². The summed E-state index contributed by atoms with van der Waals surface area (Å²) in [6.45, 7) is 11.5. The van der Waals surface area contributed by atoms with Crippen molar-refractivity contribution in [2.75, 3.05) is 19.8 Å². The first-order valence-electron chi connectivity index (χ1n) is 5.24. The maximum Gasteiger partial charge on any atom is 0.333 e. The Morgan fingerprint density at radius 3 is 2.35 bits per heavy atom. The predicted molar refractivity (Wildman–Crippen MR) is 62.3 cm³/mol. The Balaban J connectivity index is 0.000000304. The average molecular weight is 242 g/mol. The second-order valence-electron chi connectivity index (χ2n) is 3.29. The molecule has 1 heterocycles. The number of esters is 2. The topological polar surface area (TPSA) is 65.1 Å². The fourth-order valence-corrected chi connectivity index (χ4v) is 0.653. The van der Waals surface area contributed by atoms with Crippen LogP contribution in [0.4, 0.5) is 0 Å². The fourth-order valence-electron chi connectivity index (χ4n) is 0.653. The van der Waals surface area contributed by atoms with Gasteiger partial charge >= 0.3 is 11.9 Å². The van der Waals surface area contributed by atoms with Gasteiger partial charge in [0, 0.05) is 11.6 Å². The van der Waals surface area contributed by atoms with Gasteiger partial charge in [-0.15, -0.1) is 0 Å². The van der Waals surface area contributed by atoms with E-state index in [1.54, 1.807) is 13.8 Å². The number of hydrogen-bond donors (Lipinski definition) is 0. The zero-order valence-corrected chi connectivity index (χ0v) is 10.2. The molecule has 1 aliphatic heterocycles. The second kappa shape index (κ2) is 8.52. The Morgan fingerprint density at radius 2 is 2.06 bits per heavy atom. The van der Waals surface area contributed by atoms with Crippen LogP contribution in [0.5, 0.6) is 0 Å². The molecule has 17 heavy (non-hydrogen) atoms. The zero-order chi connectivity index (χ0) is 13.3. The van der Waals surface area contributed by atoms with Crippen LogP contribution in [0.15, 0.2) is 24.8 Å². The van der Waals surface area contributed by atoms with Crippen LogP contribution < -0.4 is 0 Å². The third-order valence-corrected chi connectivity index (χ3v) is 1.60. The first-order valence-corrected chi connectivity index (χ1v) is 5.24. The van der Waals surface area contributed by atoms with Gasteiger partial charge in [-0.05, 0) is 13.8 Å². The summed E-state index contributed by atoms with van der Waals surface area (Å²) in [4.78, 5) is 20.8. The van der Waals surface area contributed by atoms with Gasteiger partial charge in [-0.1, -0.05) is 13.2 Å². The molecule has 0 aromatic rings. The summed E-state index contributed by atoms with van der Waals surface area (Å²) >= 11 is 0. The molecular formula is C12H18O5. The minimum absolute atomic E-state index is 0.147. The van der Waals surface area contributed by atoms with Crippen molar-refractivity contribution in [2.45, 2.75) is 20.0 Å². The van der Waals surface area contributed by atoms with E-state index in [4.69, 9.17) is 4.74 Å². The molecule has 1 atom stereocenters. The molecule has 0 bridgehead atoms. The lowest BCUT2D eigenvalue weighted by Gasteiger charge is -1.96. The maximum atomic E-state index is 10.4. The highest BCUT2D eigenvalue weighted by molar-refractivity contribution is 5.86. The third kappa shape index (κ3) is 9.32. The van der Waals surface area contributed by atoms with E-state index >= 15 is 0 Å². The lowest BCUT2D eigenvalue weighted by Crippen LogP contribution is -2.06. The third-order valence-electron chi connectivity index (χ3n) is 1.60. The molecular weight excluding hydrogens is 224 g/mol. The number of hydrogen-bond acceptors (Lipinski definition) is 5. The molecule has 1 unspecified atom stereocenters. The molecule has 0 saturated carbocycles. The normalized spacial score (nSPS) is 16.0. The molecule has 1 saturated heterocycles. The molecule has 1 rings (SSSR count). The number of epoxide rings is 1. The fraction of sp³-hybridized carbons (Fsp3) is 0.500. The largest absolute Gasteiger partial charge is 0.463 e. The molecule has 96 valence electrons. The number of carbonyl (C=O) groups is 2. The van der Waals surface area contributed by atoms with Crippen molar-refractivity contribution in [1.29, 1.82) is 0 Å². The Hall–Kier alpha value is -1.62. The van der Waals surface area contributed by atoms with Crippen LogP contribution in [0.3, 0.4) is 0 Å². The van der Waals surface area contributed by atoms with E-state index in [2.05, 4.69) is 22.6 Å². The van der Waals surface area contributed by atoms with Crippen molar-refractivity contribution in [3.8, 4) is 0 Å². The van der Waals surface area contributed by atoms with Crippen LogP contribution in [0.2, 0.25) is 0 Å². The highest BCUT2D eigenvalue weighted by Crippen LogP contribution is 2.08. The van der Waals surface area contributed by atoms with Gasteiger partial charge in [0.25, 0.3) is 0 Å². The van der Waals surface area contributed by atoms with Crippen LogP contribution in [-0.2, 0) is 23.8 Å². The highest BCUT2D eigenvalue weighted by atomic mass is 16.6. The molecule has 0 aliphatic carbocycles. The smallest absolute Gasteiger partial charge is 0.333 e. The molecule has 0 amide bonds. The highest BCUT2D eigenvalue weighted by Gasteiger charge is 2.23. The Kier molecular flexibility index (Phi) is 7.71. The molecule has 5 nitrogen and oxygen atoms in total. The van der Waals surface area contributed by atoms with Gasteiger partial charge < -0.3 is 14.2 Å². The van der Waals surface area contributed by atoms with E-state index in [-0.39, 0.29) is 18.0 Å².